The standard InChI is InChI=1S/C30H36N6O4/c31-28(38)23-3-1-2-4-25(23)35-11-9-20(10-12-35)18-33-13-15-34(16-14-33)22-6-5-21-19-36(30(40)24(21)17-22)26-7-8-27(37)32-29(26)39/h1-6,17,20,26H,7-16,18-19H2,(H2,31,38)(H,32,37,39)/t26-/m0/s1. The number of anilines is 2. The van der Waals surface area contributed by atoms with E-state index in [-0.39, 0.29) is 30.0 Å². The minimum Gasteiger partial charge on any atom is -0.371 e. The molecule has 0 spiro atoms. The molecule has 6 rings (SSSR count). The number of carbonyl (C=O) groups excluding carboxylic acids is 4. The van der Waals surface area contributed by atoms with Gasteiger partial charge in [0.1, 0.15) is 6.04 Å². The quantitative estimate of drug-likeness (QED) is 0.530. The minimum absolute atomic E-state index is 0.130. The third kappa shape index (κ3) is 5.15. The predicted octanol–water partition coefficient (Wildman–Crippen LogP) is 1.59. The van der Waals surface area contributed by atoms with Crippen molar-refractivity contribution in [2.24, 2.45) is 11.7 Å². The summed E-state index contributed by atoms with van der Waals surface area (Å²) in [5.74, 6) is -0.539. The van der Waals surface area contributed by atoms with Crippen molar-refractivity contribution in [3.8, 4) is 0 Å². The molecule has 3 N–H and O–H groups in total. The van der Waals surface area contributed by atoms with E-state index >= 15 is 0 Å². The second kappa shape index (κ2) is 10.9. The van der Waals surface area contributed by atoms with Crippen molar-refractivity contribution >= 4 is 35.0 Å². The third-order valence-electron chi connectivity index (χ3n) is 8.89. The first-order valence-corrected chi connectivity index (χ1v) is 14.3. The molecule has 0 saturated carbocycles. The van der Waals surface area contributed by atoms with Crippen LogP contribution in [-0.2, 0) is 16.1 Å². The summed E-state index contributed by atoms with van der Waals surface area (Å²) in [5.41, 5.74) is 9.75. The fraction of sp³-hybridized carbons (Fsp3) is 0.467. The van der Waals surface area contributed by atoms with Crippen LogP contribution in [0.3, 0.4) is 0 Å². The molecule has 2 aromatic rings. The highest BCUT2D eigenvalue weighted by Crippen LogP contribution is 2.31. The van der Waals surface area contributed by atoms with Crippen LogP contribution in [0.2, 0.25) is 0 Å². The van der Waals surface area contributed by atoms with E-state index in [1.165, 1.54) is 0 Å². The Kier molecular flexibility index (Phi) is 7.18. The molecule has 3 fully saturated rings. The molecule has 4 aliphatic heterocycles. The molecule has 4 aliphatic rings. The van der Waals surface area contributed by atoms with Crippen LogP contribution in [0, 0.1) is 5.92 Å². The molecule has 4 heterocycles. The molecular formula is C30H36N6O4. The fourth-order valence-electron chi connectivity index (χ4n) is 6.61. The highest BCUT2D eigenvalue weighted by Gasteiger charge is 2.39. The second-order valence-corrected chi connectivity index (χ2v) is 11.3. The van der Waals surface area contributed by atoms with E-state index in [1.54, 1.807) is 11.0 Å². The zero-order chi connectivity index (χ0) is 27.8. The summed E-state index contributed by atoms with van der Waals surface area (Å²) >= 11 is 0. The van der Waals surface area contributed by atoms with E-state index in [1.807, 2.05) is 30.3 Å². The first-order valence-electron chi connectivity index (χ1n) is 14.3. The SMILES string of the molecule is NC(=O)c1ccccc1N1CCC(CN2CCN(c3ccc4c(c3)C(=O)N([C@H]3CCC(=O)NC3=O)C4)CC2)CC1. The third-order valence-corrected chi connectivity index (χ3v) is 8.89. The number of nitrogens with zero attached hydrogens (tertiary/aromatic N) is 4. The van der Waals surface area contributed by atoms with Crippen LogP contribution < -0.4 is 20.9 Å². The van der Waals surface area contributed by atoms with Crippen molar-refractivity contribution in [3.05, 3.63) is 59.2 Å². The summed E-state index contributed by atoms with van der Waals surface area (Å²) in [6, 6.07) is 13.1. The number of piperazine rings is 1. The fourth-order valence-corrected chi connectivity index (χ4v) is 6.61. The van der Waals surface area contributed by atoms with Crippen molar-refractivity contribution in [3.63, 3.8) is 0 Å². The Bertz CT molecular complexity index is 1330. The largest absolute Gasteiger partial charge is 0.371 e. The van der Waals surface area contributed by atoms with Crippen molar-refractivity contribution < 1.29 is 19.2 Å². The average Bonchev–Trinajstić information content (AvgIpc) is 3.29. The number of para-hydroxylation sites is 1. The van der Waals surface area contributed by atoms with Gasteiger partial charge in [0.2, 0.25) is 11.8 Å². The van der Waals surface area contributed by atoms with Gasteiger partial charge < -0.3 is 20.4 Å². The Morgan fingerprint density at radius 1 is 0.900 bits per heavy atom. The van der Waals surface area contributed by atoms with Crippen molar-refractivity contribution in [1.82, 2.24) is 15.1 Å². The number of hydrogen-bond donors (Lipinski definition) is 2. The maximum atomic E-state index is 13.2. The lowest BCUT2D eigenvalue weighted by atomic mass is 9.95. The summed E-state index contributed by atoms with van der Waals surface area (Å²) in [6.07, 6.45) is 2.81. The van der Waals surface area contributed by atoms with Crippen molar-refractivity contribution in [2.75, 3.05) is 55.6 Å². The number of benzene rings is 2. The number of nitrogens with two attached hydrogens (primary N) is 1. The van der Waals surface area contributed by atoms with Gasteiger partial charge in [0.15, 0.2) is 0 Å². The number of amides is 4. The van der Waals surface area contributed by atoms with Gasteiger partial charge in [-0.1, -0.05) is 18.2 Å². The van der Waals surface area contributed by atoms with Crippen LogP contribution in [0.15, 0.2) is 42.5 Å². The summed E-state index contributed by atoms with van der Waals surface area (Å²) in [4.78, 5) is 57.7. The van der Waals surface area contributed by atoms with E-state index in [4.69, 9.17) is 5.73 Å². The zero-order valence-corrected chi connectivity index (χ0v) is 22.7. The van der Waals surface area contributed by atoms with Crippen LogP contribution in [0.4, 0.5) is 11.4 Å². The molecule has 3 saturated heterocycles. The van der Waals surface area contributed by atoms with Gasteiger partial charge in [-0.3, -0.25) is 29.4 Å². The van der Waals surface area contributed by atoms with Gasteiger partial charge in [0.05, 0.1) is 5.56 Å². The van der Waals surface area contributed by atoms with Crippen LogP contribution in [0.1, 0.15) is 52.0 Å². The Hall–Kier alpha value is -3.92. The Morgan fingerprint density at radius 3 is 2.38 bits per heavy atom. The lowest BCUT2D eigenvalue weighted by Crippen LogP contribution is -2.52. The molecular weight excluding hydrogens is 508 g/mol. The smallest absolute Gasteiger partial charge is 0.255 e. The Balaban J connectivity index is 1.01. The first kappa shape index (κ1) is 26.3. The van der Waals surface area contributed by atoms with E-state index < -0.39 is 6.04 Å². The van der Waals surface area contributed by atoms with E-state index in [9.17, 15) is 19.2 Å². The summed E-state index contributed by atoms with van der Waals surface area (Å²) in [7, 11) is 0. The molecule has 2 aromatic carbocycles. The molecule has 210 valence electrons. The molecule has 0 aliphatic carbocycles. The number of hydrogen-bond acceptors (Lipinski definition) is 7. The molecule has 0 radical (unpaired) electrons. The summed E-state index contributed by atoms with van der Waals surface area (Å²) in [5, 5.41) is 2.36. The lowest BCUT2D eigenvalue weighted by Gasteiger charge is -2.40. The molecule has 0 unspecified atom stereocenters. The Morgan fingerprint density at radius 2 is 1.65 bits per heavy atom. The van der Waals surface area contributed by atoms with Gasteiger partial charge in [-0.2, -0.15) is 0 Å². The molecule has 0 aromatic heterocycles. The van der Waals surface area contributed by atoms with Crippen molar-refractivity contribution in [1.29, 1.82) is 0 Å². The highest BCUT2D eigenvalue weighted by molar-refractivity contribution is 6.05. The summed E-state index contributed by atoms with van der Waals surface area (Å²) < 4.78 is 0. The van der Waals surface area contributed by atoms with Crippen LogP contribution in [0.25, 0.3) is 0 Å². The topological polar surface area (TPSA) is 119 Å². The van der Waals surface area contributed by atoms with Crippen LogP contribution in [-0.4, -0.2) is 85.3 Å². The van der Waals surface area contributed by atoms with E-state index in [0.717, 1.165) is 75.6 Å². The number of nitrogens with one attached hydrogen (secondary N) is 1. The molecule has 10 nitrogen and oxygen atoms in total. The van der Waals surface area contributed by atoms with Gasteiger partial charge in [-0.25, -0.2) is 0 Å². The van der Waals surface area contributed by atoms with Gasteiger partial charge >= 0.3 is 0 Å². The number of carbonyl (C=O) groups is 4. The molecule has 4 amide bonds. The number of primary amides is 1. The second-order valence-electron chi connectivity index (χ2n) is 11.3. The van der Waals surface area contributed by atoms with Crippen molar-refractivity contribution in [2.45, 2.75) is 38.3 Å². The van der Waals surface area contributed by atoms with E-state index in [0.29, 0.717) is 30.0 Å². The predicted molar refractivity (Wildman–Crippen MR) is 151 cm³/mol. The number of rotatable bonds is 6. The zero-order valence-electron chi connectivity index (χ0n) is 22.7. The molecule has 1 atom stereocenters. The minimum atomic E-state index is -0.589. The van der Waals surface area contributed by atoms with Gasteiger partial charge in [0, 0.05) is 75.7 Å². The maximum absolute atomic E-state index is 13.2. The number of piperidine rings is 2. The maximum Gasteiger partial charge on any atom is 0.255 e. The van der Waals surface area contributed by atoms with Gasteiger partial charge in [-0.05, 0) is 55.0 Å². The van der Waals surface area contributed by atoms with Gasteiger partial charge in [-0.15, -0.1) is 0 Å². The van der Waals surface area contributed by atoms with Crippen LogP contribution in [0.5, 0.6) is 0 Å². The highest BCUT2D eigenvalue weighted by atomic mass is 16.2. The Labute approximate surface area is 234 Å². The monoisotopic (exact) mass is 544 g/mol. The van der Waals surface area contributed by atoms with E-state index in [2.05, 4.69) is 26.1 Å². The first-order chi connectivity index (χ1) is 19.4. The molecule has 0 bridgehead atoms. The van der Waals surface area contributed by atoms with Crippen LogP contribution >= 0.6 is 0 Å². The number of imide groups is 1. The normalized spacial score (nSPS) is 22.4. The average molecular weight is 545 g/mol. The van der Waals surface area contributed by atoms with Gasteiger partial charge in [0.25, 0.3) is 11.8 Å². The lowest BCUT2D eigenvalue weighted by molar-refractivity contribution is -0.136. The molecule has 10 heteroatoms. The molecule has 40 heavy (non-hydrogen) atoms. The number of fused-ring (bicyclic) bond motifs is 1. The summed E-state index contributed by atoms with van der Waals surface area (Å²) in [6.45, 7) is 7.06.